The van der Waals surface area contributed by atoms with Crippen molar-refractivity contribution in [3.63, 3.8) is 0 Å². The van der Waals surface area contributed by atoms with Crippen molar-refractivity contribution in [2.45, 2.75) is 30.3 Å². The molecule has 0 spiro atoms. The van der Waals surface area contributed by atoms with Crippen LogP contribution in [0.2, 0.25) is 0 Å². The van der Waals surface area contributed by atoms with E-state index in [2.05, 4.69) is 31.2 Å². The molecule has 16 heavy (non-hydrogen) atoms. The molecule has 88 valence electrons. The minimum Gasteiger partial charge on any atom is -0.387 e. The van der Waals surface area contributed by atoms with Crippen molar-refractivity contribution >= 4 is 11.8 Å². The summed E-state index contributed by atoms with van der Waals surface area (Å²) in [7, 11) is 0. The van der Waals surface area contributed by atoms with Gasteiger partial charge in [0.05, 0.1) is 5.60 Å². The molecule has 0 saturated heterocycles. The van der Waals surface area contributed by atoms with Crippen LogP contribution in [0.5, 0.6) is 0 Å². The van der Waals surface area contributed by atoms with Gasteiger partial charge in [0, 0.05) is 17.2 Å². The van der Waals surface area contributed by atoms with Crippen molar-refractivity contribution in [2.75, 3.05) is 12.3 Å². The molecule has 1 saturated carbocycles. The zero-order chi connectivity index (χ0) is 11.6. The van der Waals surface area contributed by atoms with Crippen molar-refractivity contribution < 1.29 is 5.11 Å². The number of hydrogen-bond donors (Lipinski definition) is 2. The van der Waals surface area contributed by atoms with Gasteiger partial charge in [-0.05, 0) is 37.8 Å². The van der Waals surface area contributed by atoms with E-state index < -0.39 is 5.60 Å². The van der Waals surface area contributed by atoms with Crippen LogP contribution >= 0.6 is 11.8 Å². The van der Waals surface area contributed by atoms with E-state index in [1.165, 1.54) is 10.5 Å². The fraction of sp³-hybridized carbons (Fsp3) is 0.538. The minimum atomic E-state index is -0.657. The molecule has 0 radical (unpaired) electrons. The predicted octanol–water partition coefficient (Wildman–Crippen LogP) is 2.19. The highest BCUT2D eigenvalue weighted by atomic mass is 32.2. The van der Waals surface area contributed by atoms with E-state index in [4.69, 9.17) is 5.73 Å². The van der Waals surface area contributed by atoms with Crippen LogP contribution in [-0.2, 0) is 0 Å². The lowest BCUT2D eigenvalue weighted by atomic mass is 10.0. The number of benzene rings is 1. The third-order valence-electron chi connectivity index (χ3n) is 3.20. The van der Waals surface area contributed by atoms with Gasteiger partial charge in [-0.2, -0.15) is 0 Å². The van der Waals surface area contributed by atoms with Gasteiger partial charge < -0.3 is 10.8 Å². The number of aliphatic hydroxyl groups is 1. The zero-order valence-corrected chi connectivity index (χ0v) is 10.5. The molecule has 1 aliphatic carbocycles. The van der Waals surface area contributed by atoms with Gasteiger partial charge in [-0.25, -0.2) is 0 Å². The molecule has 3 N–H and O–H groups in total. The number of nitrogens with two attached hydrogens (primary N) is 1. The summed E-state index contributed by atoms with van der Waals surface area (Å²) in [4.78, 5) is 1.21. The zero-order valence-electron chi connectivity index (χ0n) is 9.65. The summed E-state index contributed by atoms with van der Waals surface area (Å²) in [6, 6.07) is 8.40. The van der Waals surface area contributed by atoms with Crippen molar-refractivity contribution in [1.29, 1.82) is 0 Å². The summed E-state index contributed by atoms with van der Waals surface area (Å²) < 4.78 is 0. The van der Waals surface area contributed by atoms with Gasteiger partial charge >= 0.3 is 0 Å². The molecule has 1 fully saturated rings. The van der Waals surface area contributed by atoms with Crippen LogP contribution in [0.4, 0.5) is 0 Å². The van der Waals surface area contributed by atoms with Crippen molar-refractivity contribution in [1.82, 2.24) is 0 Å². The number of rotatable bonds is 5. The van der Waals surface area contributed by atoms with Crippen LogP contribution in [0.15, 0.2) is 29.2 Å². The van der Waals surface area contributed by atoms with Crippen LogP contribution in [-0.4, -0.2) is 23.0 Å². The Hall–Kier alpha value is -0.510. The van der Waals surface area contributed by atoms with Crippen LogP contribution in [0.25, 0.3) is 0 Å². The maximum atomic E-state index is 10.3. The average molecular weight is 237 g/mol. The topological polar surface area (TPSA) is 46.2 Å². The second kappa shape index (κ2) is 4.78. The molecule has 1 aliphatic rings. The normalized spacial score (nSPS) is 19.4. The van der Waals surface area contributed by atoms with E-state index in [0.29, 0.717) is 18.2 Å². The highest BCUT2D eigenvalue weighted by Crippen LogP contribution is 2.41. The summed E-state index contributed by atoms with van der Waals surface area (Å²) in [5.41, 5.74) is 6.28. The molecule has 0 amide bonds. The van der Waals surface area contributed by atoms with Gasteiger partial charge in [0.2, 0.25) is 0 Å². The Morgan fingerprint density at radius 3 is 2.50 bits per heavy atom. The Bertz CT molecular complexity index is 347. The summed E-state index contributed by atoms with van der Waals surface area (Å²) in [6.45, 7) is 2.45. The van der Waals surface area contributed by atoms with Crippen molar-refractivity contribution in [3.8, 4) is 0 Å². The first-order valence-electron chi connectivity index (χ1n) is 5.76. The first-order chi connectivity index (χ1) is 7.64. The van der Waals surface area contributed by atoms with E-state index in [9.17, 15) is 5.11 Å². The minimum absolute atomic E-state index is 0.372. The lowest BCUT2D eigenvalue weighted by Crippen LogP contribution is -2.42. The van der Waals surface area contributed by atoms with E-state index in [1.807, 2.05) is 0 Å². The van der Waals surface area contributed by atoms with Crippen LogP contribution in [0.1, 0.15) is 18.4 Å². The Kier molecular flexibility index (Phi) is 3.57. The lowest BCUT2D eigenvalue weighted by molar-refractivity contribution is 0.0510. The molecule has 1 aromatic carbocycles. The highest BCUT2D eigenvalue weighted by Gasteiger charge is 2.42. The Balaban J connectivity index is 1.92. The average Bonchev–Trinajstić information content (AvgIpc) is 3.12. The fourth-order valence-corrected chi connectivity index (χ4v) is 2.91. The van der Waals surface area contributed by atoms with Gasteiger partial charge in [-0.15, -0.1) is 11.8 Å². The largest absolute Gasteiger partial charge is 0.387 e. The summed E-state index contributed by atoms with van der Waals surface area (Å²) in [5.74, 6) is 1.13. The molecule has 1 aromatic rings. The monoisotopic (exact) mass is 237 g/mol. The molecule has 0 bridgehead atoms. The van der Waals surface area contributed by atoms with E-state index >= 15 is 0 Å². The van der Waals surface area contributed by atoms with Gasteiger partial charge in [0.25, 0.3) is 0 Å². The molecule has 1 unspecified atom stereocenters. The molecule has 3 heteroatoms. The van der Waals surface area contributed by atoms with Crippen molar-refractivity contribution in [3.05, 3.63) is 29.8 Å². The van der Waals surface area contributed by atoms with Gasteiger partial charge in [-0.3, -0.25) is 0 Å². The molecule has 0 aromatic heterocycles. The number of thioether (sulfide) groups is 1. The summed E-state index contributed by atoms with van der Waals surface area (Å²) in [6.07, 6.45) is 2.25. The Labute approximate surface area is 101 Å². The Morgan fingerprint density at radius 2 is 2.00 bits per heavy atom. The third kappa shape index (κ3) is 2.78. The maximum Gasteiger partial charge on any atom is 0.0890 e. The molecule has 0 heterocycles. The van der Waals surface area contributed by atoms with Crippen LogP contribution in [0.3, 0.4) is 0 Å². The first-order valence-corrected chi connectivity index (χ1v) is 6.74. The smallest absolute Gasteiger partial charge is 0.0890 e. The second-order valence-electron chi connectivity index (χ2n) is 4.68. The van der Waals surface area contributed by atoms with Gasteiger partial charge in [0.15, 0.2) is 0 Å². The summed E-state index contributed by atoms with van der Waals surface area (Å²) in [5, 5.41) is 10.3. The lowest BCUT2D eigenvalue weighted by Gasteiger charge is -2.25. The molecule has 2 nitrogen and oxygen atoms in total. The molecule has 0 aliphatic heterocycles. The third-order valence-corrected chi connectivity index (χ3v) is 4.45. The number of hydrogen-bond acceptors (Lipinski definition) is 3. The molecular formula is C13H19NOS. The van der Waals surface area contributed by atoms with Crippen molar-refractivity contribution in [2.24, 2.45) is 11.7 Å². The SMILES string of the molecule is Cc1ccc(SCC(O)(CN)C2CC2)cc1. The molecule has 1 atom stereocenters. The van der Waals surface area contributed by atoms with Gasteiger partial charge in [0.1, 0.15) is 0 Å². The molecule has 2 rings (SSSR count). The Morgan fingerprint density at radius 1 is 1.38 bits per heavy atom. The predicted molar refractivity (Wildman–Crippen MR) is 68.6 cm³/mol. The number of aryl methyl sites for hydroxylation is 1. The fourth-order valence-electron chi connectivity index (χ4n) is 1.81. The van der Waals surface area contributed by atoms with E-state index in [-0.39, 0.29) is 0 Å². The second-order valence-corrected chi connectivity index (χ2v) is 5.73. The first kappa shape index (κ1) is 12.0. The summed E-state index contributed by atoms with van der Waals surface area (Å²) >= 11 is 1.70. The maximum absolute atomic E-state index is 10.3. The van der Waals surface area contributed by atoms with E-state index in [0.717, 1.165) is 12.8 Å². The standard InChI is InChI=1S/C13H19NOS/c1-10-2-6-12(7-3-10)16-9-13(15,8-14)11-4-5-11/h2-3,6-7,11,15H,4-5,8-9,14H2,1H3. The quantitative estimate of drug-likeness (QED) is 0.772. The van der Waals surface area contributed by atoms with Gasteiger partial charge in [-0.1, -0.05) is 17.7 Å². The molecular weight excluding hydrogens is 218 g/mol. The van der Waals surface area contributed by atoms with E-state index in [1.54, 1.807) is 11.8 Å². The van der Waals surface area contributed by atoms with Crippen LogP contribution < -0.4 is 5.73 Å². The van der Waals surface area contributed by atoms with Crippen LogP contribution in [0, 0.1) is 12.8 Å². The highest BCUT2D eigenvalue weighted by molar-refractivity contribution is 7.99.